The van der Waals surface area contributed by atoms with Crippen LogP contribution in [0.4, 0.5) is 5.69 Å². The zero-order valence-corrected chi connectivity index (χ0v) is 9.91. The molecule has 0 heterocycles. The fraction of sp³-hybridized carbons (Fsp3) is 0.538. The maximum atomic E-state index is 2.30. The summed E-state index contributed by atoms with van der Waals surface area (Å²) in [7, 11) is 2.14. The van der Waals surface area contributed by atoms with Crippen molar-refractivity contribution in [1.82, 2.24) is 0 Å². The predicted octanol–water partition coefficient (Wildman–Crippen LogP) is 3.65. The highest BCUT2D eigenvalue weighted by molar-refractivity contribution is 5.49. The van der Waals surface area contributed by atoms with Crippen LogP contribution in [0.5, 0.6) is 0 Å². The van der Waals surface area contributed by atoms with Crippen LogP contribution in [0, 0.1) is 0 Å². The number of benzene rings is 1. The van der Waals surface area contributed by atoms with Crippen LogP contribution in [0.25, 0.3) is 0 Å². The second-order valence-corrected chi connectivity index (χ2v) is 4.45. The summed E-state index contributed by atoms with van der Waals surface area (Å²) in [5.41, 5.74) is 2.72. The molecule has 0 fully saturated rings. The molecule has 1 heteroatoms. The summed E-state index contributed by atoms with van der Waals surface area (Å²) in [5.74, 6) is 0.607. The van der Waals surface area contributed by atoms with Gasteiger partial charge in [0, 0.05) is 18.8 Å². The molecule has 1 rings (SSSR count). The van der Waals surface area contributed by atoms with Crippen LogP contribution in [-0.2, 0) is 0 Å². The van der Waals surface area contributed by atoms with E-state index >= 15 is 0 Å². The standard InChI is InChI=1S/C13H21N/c1-10(2)12-7-6-8-13(9-12)14(5)11(3)4/h6-11H,1-5H3. The van der Waals surface area contributed by atoms with Gasteiger partial charge in [-0.25, -0.2) is 0 Å². The van der Waals surface area contributed by atoms with Crippen LogP contribution in [-0.4, -0.2) is 13.1 Å². The summed E-state index contributed by atoms with van der Waals surface area (Å²) in [4.78, 5) is 2.30. The van der Waals surface area contributed by atoms with Gasteiger partial charge in [0.05, 0.1) is 0 Å². The molecule has 0 bridgehead atoms. The van der Waals surface area contributed by atoms with Crippen molar-refractivity contribution in [2.45, 2.75) is 39.7 Å². The van der Waals surface area contributed by atoms with Crippen molar-refractivity contribution >= 4 is 5.69 Å². The van der Waals surface area contributed by atoms with Gasteiger partial charge < -0.3 is 4.90 Å². The molecule has 1 aromatic carbocycles. The second kappa shape index (κ2) is 4.50. The van der Waals surface area contributed by atoms with E-state index in [2.05, 4.69) is 63.9 Å². The van der Waals surface area contributed by atoms with Gasteiger partial charge in [-0.2, -0.15) is 0 Å². The largest absolute Gasteiger partial charge is 0.372 e. The molecular formula is C13H21N. The highest BCUT2D eigenvalue weighted by atomic mass is 15.1. The van der Waals surface area contributed by atoms with Crippen LogP contribution in [0.3, 0.4) is 0 Å². The summed E-state index contributed by atoms with van der Waals surface area (Å²) < 4.78 is 0. The Hall–Kier alpha value is -0.980. The fourth-order valence-electron chi connectivity index (χ4n) is 1.40. The van der Waals surface area contributed by atoms with Crippen molar-refractivity contribution in [2.24, 2.45) is 0 Å². The average molecular weight is 191 g/mol. The Morgan fingerprint density at radius 2 is 1.71 bits per heavy atom. The molecule has 0 atom stereocenters. The van der Waals surface area contributed by atoms with Gasteiger partial charge in [0.2, 0.25) is 0 Å². The maximum Gasteiger partial charge on any atom is 0.0368 e. The third kappa shape index (κ3) is 2.50. The number of hydrogen-bond acceptors (Lipinski definition) is 1. The Kier molecular flexibility index (Phi) is 3.56. The monoisotopic (exact) mass is 191 g/mol. The van der Waals surface area contributed by atoms with Crippen molar-refractivity contribution in [3.05, 3.63) is 29.8 Å². The van der Waals surface area contributed by atoms with E-state index in [0.29, 0.717) is 12.0 Å². The Morgan fingerprint density at radius 1 is 1.07 bits per heavy atom. The highest BCUT2D eigenvalue weighted by Crippen LogP contribution is 2.21. The van der Waals surface area contributed by atoms with Crippen LogP contribution < -0.4 is 4.90 Å². The summed E-state index contributed by atoms with van der Waals surface area (Å²) in [6.07, 6.45) is 0. The molecular weight excluding hydrogens is 170 g/mol. The first-order valence-corrected chi connectivity index (χ1v) is 5.35. The van der Waals surface area contributed by atoms with E-state index in [9.17, 15) is 0 Å². The molecule has 0 saturated heterocycles. The molecule has 14 heavy (non-hydrogen) atoms. The zero-order chi connectivity index (χ0) is 10.7. The van der Waals surface area contributed by atoms with E-state index in [1.807, 2.05) is 0 Å². The number of hydrogen-bond donors (Lipinski definition) is 0. The van der Waals surface area contributed by atoms with Crippen molar-refractivity contribution in [3.63, 3.8) is 0 Å². The van der Waals surface area contributed by atoms with Gasteiger partial charge in [0.1, 0.15) is 0 Å². The molecule has 78 valence electrons. The lowest BCUT2D eigenvalue weighted by Crippen LogP contribution is -2.25. The molecule has 1 aromatic rings. The average Bonchev–Trinajstić information content (AvgIpc) is 2.16. The van der Waals surface area contributed by atoms with Gasteiger partial charge in [-0.05, 0) is 37.5 Å². The minimum absolute atomic E-state index is 0.553. The minimum Gasteiger partial charge on any atom is -0.372 e. The normalized spacial score (nSPS) is 11.1. The molecule has 0 amide bonds. The van der Waals surface area contributed by atoms with Crippen molar-refractivity contribution in [1.29, 1.82) is 0 Å². The van der Waals surface area contributed by atoms with Gasteiger partial charge in [0.15, 0.2) is 0 Å². The first-order valence-electron chi connectivity index (χ1n) is 5.35. The number of anilines is 1. The molecule has 0 radical (unpaired) electrons. The Labute approximate surface area is 87.7 Å². The predicted molar refractivity (Wildman–Crippen MR) is 64.1 cm³/mol. The van der Waals surface area contributed by atoms with Gasteiger partial charge in [0.25, 0.3) is 0 Å². The van der Waals surface area contributed by atoms with Crippen molar-refractivity contribution < 1.29 is 0 Å². The molecule has 0 aliphatic heterocycles. The van der Waals surface area contributed by atoms with Crippen LogP contribution >= 0.6 is 0 Å². The van der Waals surface area contributed by atoms with E-state index in [-0.39, 0.29) is 0 Å². The third-order valence-corrected chi connectivity index (χ3v) is 2.72. The Morgan fingerprint density at radius 3 is 2.21 bits per heavy atom. The molecule has 0 saturated carbocycles. The Bertz CT molecular complexity index is 289. The molecule has 0 unspecified atom stereocenters. The molecule has 0 aliphatic carbocycles. The lowest BCUT2D eigenvalue weighted by Gasteiger charge is -2.24. The van der Waals surface area contributed by atoms with E-state index in [0.717, 1.165) is 0 Å². The van der Waals surface area contributed by atoms with Crippen molar-refractivity contribution in [3.8, 4) is 0 Å². The Balaban J connectivity index is 2.93. The first-order chi connectivity index (χ1) is 6.52. The lowest BCUT2D eigenvalue weighted by atomic mass is 10.0. The smallest absolute Gasteiger partial charge is 0.0368 e. The maximum absolute atomic E-state index is 2.30. The quantitative estimate of drug-likeness (QED) is 0.705. The van der Waals surface area contributed by atoms with Gasteiger partial charge >= 0.3 is 0 Å². The van der Waals surface area contributed by atoms with Crippen LogP contribution in [0.1, 0.15) is 39.2 Å². The fourth-order valence-corrected chi connectivity index (χ4v) is 1.40. The minimum atomic E-state index is 0.553. The number of rotatable bonds is 3. The summed E-state index contributed by atoms with van der Waals surface area (Å²) in [6, 6.07) is 9.35. The zero-order valence-electron chi connectivity index (χ0n) is 9.91. The van der Waals surface area contributed by atoms with Gasteiger partial charge in [-0.15, -0.1) is 0 Å². The first kappa shape index (κ1) is 11.1. The summed E-state index contributed by atoms with van der Waals surface area (Å²) in [6.45, 7) is 8.88. The second-order valence-electron chi connectivity index (χ2n) is 4.45. The van der Waals surface area contributed by atoms with E-state index in [4.69, 9.17) is 0 Å². The highest BCUT2D eigenvalue weighted by Gasteiger charge is 2.06. The SMILES string of the molecule is CC(C)c1cccc(N(C)C(C)C)c1. The summed E-state index contributed by atoms with van der Waals surface area (Å²) in [5, 5.41) is 0. The van der Waals surface area contributed by atoms with E-state index in [1.54, 1.807) is 0 Å². The topological polar surface area (TPSA) is 3.24 Å². The van der Waals surface area contributed by atoms with E-state index in [1.165, 1.54) is 11.3 Å². The third-order valence-electron chi connectivity index (χ3n) is 2.72. The molecule has 0 aromatic heterocycles. The van der Waals surface area contributed by atoms with Gasteiger partial charge in [-0.1, -0.05) is 26.0 Å². The molecule has 1 nitrogen and oxygen atoms in total. The van der Waals surface area contributed by atoms with E-state index < -0.39 is 0 Å². The molecule has 0 aliphatic rings. The lowest BCUT2D eigenvalue weighted by molar-refractivity contribution is 0.752. The van der Waals surface area contributed by atoms with Gasteiger partial charge in [-0.3, -0.25) is 0 Å². The summed E-state index contributed by atoms with van der Waals surface area (Å²) >= 11 is 0. The number of nitrogens with zero attached hydrogens (tertiary/aromatic N) is 1. The van der Waals surface area contributed by atoms with Crippen molar-refractivity contribution in [2.75, 3.05) is 11.9 Å². The molecule has 0 spiro atoms. The molecule has 0 N–H and O–H groups in total. The van der Waals surface area contributed by atoms with Crippen LogP contribution in [0.15, 0.2) is 24.3 Å². The van der Waals surface area contributed by atoms with Crippen LogP contribution in [0.2, 0.25) is 0 Å².